The van der Waals surface area contributed by atoms with Gasteiger partial charge in [0.2, 0.25) is 0 Å². The summed E-state index contributed by atoms with van der Waals surface area (Å²) in [6.07, 6.45) is 1.43. The van der Waals surface area contributed by atoms with Crippen molar-refractivity contribution in [3.05, 3.63) is 35.9 Å². The Morgan fingerprint density at radius 2 is 1.89 bits per heavy atom. The van der Waals surface area contributed by atoms with Gasteiger partial charge in [-0.05, 0) is 18.4 Å². The maximum absolute atomic E-state index is 11.7. The third-order valence-corrected chi connectivity index (χ3v) is 3.58. The molecule has 0 radical (unpaired) electrons. The van der Waals surface area contributed by atoms with Gasteiger partial charge in [-0.3, -0.25) is 8.98 Å². The van der Waals surface area contributed by atoms with E-state index >= 15 is 0 Å². The zero-order chi connectivity index (χ0) is 13.9. The van der Waals surface area contributed by atoms with Crippen LogP contribution in [0.2, 0.25) is 0 Å². The molecule has 0 N–H and O–H groups in total. The summed E-state index contributed by atoms with van der Waals surface area (Å²) in [4.78, 5) is 11.7. The molecule has 1 aliphatic rings. The van der Waals surface area contributed by atoms with Crippen molar-refractivity contribution in [2.75, 3.05) is 6.26 Å². The molecule has 1 fully saturated rings. The Labute approximate surface area is 112 Å². The number of carbonyl (C=O) groups excluding carboxylic acids is 1. The zero-order valence-electron chi connectivity index (χ0n) is 10.6. The Hall–Kier alpha value is -1.40. The maximum atomic E-state index is 11.7. The van der Waals surface area contributed by atoms with Crippen molar-refractivity contribution in [3.63, 3.8) is 0 Å². The normalized spacial score (nSPS) is 22.6. The second kappa shape index (κ2) is 5.71. The molecule has 104 valence electrons. The Balaban J connectivity index is 1.72. The molecule has 2 rings (SSSR count). The molecule has 0 bridgehead atoms. The van der Waals surface area contributed by atoms with E-state index in [0.29, 0.717) is 12.8 Å². The van der Waals surface area contributed by atoms with Crippen LogP contribution in [-0.4, -0.2) is 26.7 Å². The number of carbonyl (C=O) groups is 1. The maximum Gasteiger partial charge on any atom is 0.309 e. The van der Waals surface area contributed by atoms with Gasteiger partial charge >= 0.3 is 5.97 Å². The summed E-state index contributed by atoms with van der Waals surface area (Å²) >= 11 is 0. The van der Waals surface area contributed by atoms with Gasteiger partial charge in [0, 0.05) is 0 Å². The first-order valence-electron chi connectivity index (χ1n) is 6.03. The molecular formula is C13H16O5S. The van der Waals surface area contributed by atoms with E-state index in [-0.39, 0.29) is 24.6 Å². The van der Waals surface area contributed by atoms with Crippen LogP contribution in [-0.2, 0) is 30.4 Å². The fourth-order valence-electron chi connectivity index (χ4n) is 1.93. The SMILES string of the molecule is CS(=O)(=O)O[C@H]1C[C@@H](C(=O)OCc2ccccc2)C1. The number of esters is 1. The summed E-state index contributed by atoms with van der Waals surface area (Å²) in [6, 6.07) is 9.41. The second-order valence-electron chi connectivity index (χ2n) is 4.68. The molecular weight excluding hydrogens is 268 g/mol. The van der Waals surface area contributed by atoms with Crippen molar-refractivity contribution in [3.8, 4) is 0 Å². The Morgan fingerprint density at radius 3 is 2.47 bits per heavy atom. The van der Waals surface area contributed by atoms with E-state index in [0.717, 1.165) is 11.8 Å². The van der Waals surface area contributed by atoms with E-state index in [2.05, 4.69) is 0 Å². The highest BCUT2D eigenvalue weighted by atomic mass is 32.2. The predicted octanol–water partition coefficient (Wildman–Crippen LogP) is 1.48. The number of ether oxygens (including phenoxy) is 1. The van der Waals surface area contributed by atoms with Crippen molar-refractivity contribution >= 4 is 16.1 Å². The molecule has 6 heteroatoms. The quantitative estimate of drug-likeness (QED) is 0.605. The molecule has 19 heavy (non-hydrogen) atoms. The van der Waals surface area contributed by atoms with Crippen LogP contribution in [0.3, 0.4) is 0 Å². The highest BCUT2D eigenvalue weighted by Gasteiger charge is 2.38. The molecule has 0 unspecified atom stereocenters. The molecule has 0 saturated heterocycles. The molecule has 1 aromatic rings. The first-order valence-corrected chi connectivity index (χ1v) is 7.84. The van der Waals surface area contributed by atoms with Crippen LogP contribution < -0.4 is 0 Å². The fraction of sp³-hybridized carbons (Fsp3) is 0.462. The van der Waals surface area contributed by atoms with Crippen LogP contribution in [0.15, 0.2) is 30.3 Å². The van der Waals surface area contributed by atoms with Crippen molar-refractivity contribution in [2.24, 2.45) is 5.92 Å². The van der Waals surface area contributed by atoms with Gasteiger partial charge in [-0.25, -0.2) is 0 Å². The van der Waals surface area contributed by atoms with Crippen LogP contribution >= 0.6 is 0 Å². The van der Waals surface area contributed by atoms with Crippen molar-refractivity contribution in [1.29, 1.82) is 0 Å². The van der Waals surface area contributed by atoms with E-state index in [1.807, 2.05) is 30.3 Å². The molecule has 1 aliphatic carbocycles. The molecule has 5 nitrogen and oxygen atoms in total. The standard InChI is InChI=1S/C13H16O5S/c1-19(15,16)18-12-7-11(8-12)13(14)17-9-10-5-3-2-4-6-10/h2-6,11-12H,7-9H2,1H3/t11-,12+. The highest BCUT2D eigenvalue weighted by molar-refractivity contribution is 7.86. The summed E-state index contributed by atoms with van der Waals surface area (Å²) < 4.78 is 31.7. The number of benzene rings is 1. The lowest BCUT2D eigenvalue weighted by Gasteiger charge is -2.32. The van der Waals surface area contributed by atoms with Gasteiger partial charge in [0.05, 0.1) is 18.3 Å². The number of hydrogen-bond acceptors (Lipinski definition) is 5. The summed E-state index contributed by atoms with van der Waals surface area (Å²) in [6.45, 7) is 0.244. The molecule has 0 heterocycles. The molecule has 1 aromatic carbocycles. The van der Waals surface area contributed by atoms with Crippen LogP contribution in [0.25, 0.3) is 0 Å². The average molecular weight is 284 g/mol. The smallest absolute Gasteiger partial charge is 0.309 e. The van der Waals surface area contributed by atoms with Gasteiger partial charge in [0.1, 0.15) is 6.61 Å². The first-order chi connectivity index (χ1) is 8.94. The lowest BCUT2D eigenvalue weighted by Crippen LogP contribution is -2.38. The minimum absolute atomic E-state index is 0.244. The fourth-order valence-corrected chi connectivity index (χ4v) is 2.58. The monoisotopic (exact) mass is 284 g/mol. The van der Waals surface area contributed by atoms with E-state index < -0.39 is 10.1 Å². The first kappa shape index (κ1) is 14.0. The Morgan fingerprint density at radius 1 is 1.26 bits per heavy atom. The van der Waals surface area contributed by atoms with Gasteiger partial charge in [-0.2, -0.15) is 8.42 Å². The van der Waals surface area contributed by atoms with Crippen molar-refractivity contribution in [1.82, 2.24) is 0 Å². The second-order valence-corrected chi connectivity index (χ2v) is 6.28. The van der Waals surface area contributed by atoms with E-state index in [4.69, 9.17) is 8.92 Å². The molecule has 0 amide bonds. The predicted molar refractivity (Wildman–Crippen MR) is 68.7 cm³/mol. The molecule has 0 aromatic heterocycles. The number of hydrogen-bond donors (Lipinski definition) is 0. The minimum atomic E-state index is -3.44. The van der Waals surface area contributed by atoms with Crippen LogP contribution in [0, 0.1) is 5.92 Å². The van der Waals surface area contributed by atoms with Crippen molar-refractivity contribution < 1.29 is 22.1 Å². The van der Waals surface area contributed by atoms with E-state index in [1.165, 1.54) is 0 Å². The van der Waals surface area contributed by atoms with Gasteiger partial charge in [-0.15, -0.1) is 0 Å². The van der Waals surface area contributed by atoms with Gasteiger partial charge in [-0.1, -0.05) is 30.3 Å². The van der Waals surface area contributed by atoms with E-state index in [9.17, 15) is 13.2 Å². The Kier molecular flexibility index (Phi) is 4.21. The molecule has 0 aliphatic heterocycles. The Bertz CT molecular complexity index is 531. The lowest BCUT2D eigenvalue weighted by atomic mass is 9.82. The van der Waals surface area contributed by atoms with Crippen LogP contribution in [0.4, 0.5) is 0 Å². The van der Waals surface area contributed by atoms with Crippen LogP contribution in [0.5, 0.6) is 0 Å². The summed E-state index contributed by atoms with van der Waals surface area (Å²) in [5, 5.41) is 0. The number of rotatable bonds is 5. The summed E-state index contributed by atoms with van der Waals surface area (Å²) in [5.41, 5.74) is 0.930. The lowest BCUT2D eigenvalue weighted by molar-refractivity contribution is -0.156. The third kappa shape index (κ3) is 4.33. The molecule has 0 spiro atoms. The van der Waals surface area contributed by atoms with Crippen molar-refractivity contribution in [2.45, 2.75) is 25.6 Å². The highest BCUT2D eigenvalue weighted by Crippen LogP contribution is 2.32. The molecule has 1 saturated carbocycles. The average Bonchev–Trinajstić information content (AvgIpc) is 2.30. The third-order valence-electron chi connectivity index (χ3n) is 2.96. The topological polar surface area (TPSA) is 69.7 Å². The minimum Gasteiger partial charge on any atom is -0.461 e. The summed E-state index contributed by atoms with van der Waals surface area (Å²) in [7, 11) is -3.44. The summed E-state index contributed by atoms with van der Waals surface area (Å²) in [5.74, 6) is -0.548. The van der Waals surface area contributed by atoms with Gasteiger partial charge < -0.3 is 4.74 Å². The van der Waals surface area contributed by atoms with Gasteiger partial charge in [0.25, 0.3) is 10.1 Å². The van der Waals surface area contributed by atoms with E-state index in [1.54, 1.807) is 0 Å². The van der Waals surface area contributed by atoms with Crippen LogP contribution in [0.1, 0.15) is 18.4 Å². The molecule has 0 atom stereocenters. The largest absolute Gasteiger partial charge is 0.461 e. The van der Waals surface area contributed by atoms with Gasteiger partial charge in [0.15, 0.2) is 0 Å². The zero-order valence-corrected chi connectivity index (χ0v) is 11.4.